The van der Waals surface area contributed by atoms with Gasteiger partial charge in [-0.3, -0.25) is 4.79 Å². The van der Waals surface area contributed by atoms with Gasteiger partial charge in [0.25, 0.3) is 5.91 Å². The van der Waals surface area contributed by atoms with Crippen molar-refractivity contribution in [2.24, 2.45) is 0 Å². The van der Waals surface area contributed by atoms with Crippen molar-refractivity contribution in [1.29, 1.82) is 5.26 Å². The van der Waals surface area contributed by atoms with Crippen molar-refractivity contribution in [2.75, 3.05) is 6.54 Å². The Morgan fingerprint density at radius 1 is 1.25 bits per heavy atom. The average molecular weight is 324 g/mol. The Bertz CT molecular complexity index is 733. The first-order valence-electron chi connectivity index (χ1n) is 7.72. The van der Waals surface area contributed by atoms with E-state index in [2.05, 4.69) is 5.32 Å². The first-order chi connectivity index (χ1) is 11.5. The van der Waals surface area contributed by atoms with Crippen LogP contribution in [-0.4, -0.2) is 23.7 Å². The van der Waals surface area contributed by atoms with Gasteiger partial charge in [-0.1, -0.05) is 12.1 Å². The highest BCUT2D eigenvalue weighted by Gasteiger charge is 2.12. The molecule has 0 saturated heterocycles. The topological polar surface area (TPSA) is 82.3 Å². The number of rotatable bonds is 6. The molecule has 0 bridgehead atoms. The maximum atomic E-state index is 12.1. The summed E-state index contributed by atoms with van der Waals surface area (Å²) in [6.45, 7) is 3.95. The van der Waals surface area contributed by atoms with Crippen molar-refractivity contribution in [1.82, 2.24) is 5.32 Å². The van der Waals surface area contributed by atoms with Gasteiger partial charge in [0.15, 0.2) is 0 Å². The quantitative estimate of drug-likeness (QED) is 0.856. The molecule has 2 N–H and O–H groups in total. The number of aliphatic hydroxyl groups is 1. The smallest absolute Gasteiger partial charge is 0.251 e. The molecule has 2 rings (SSSR count). The Morgan fingerprint density at radius 2 is 1.96 bits per heavy atom. The molecule has 0 aliphatic carbocycles. The van der Waals surface area contributed by atoms with Crippen molar-refractivity contribution in [2.45, 2.75) is 26.1 Å². The lowest BCUT2D eigenvalue weighted by molar-refractivity contribution is 0.0916. The van der Waals surface area contributed by atoms with Crippen molar-refractivity contribution >= 4 is 5.91 Å². The van der Waals surface area contributed by atoms with Crippen molar-refractivity contribution in [3.63, 3.8) is 0 Å². The normalized spacial score (nSPS) is 11.6. The lowest BCUT2D eigenvalue weighted by Gasteiger charge is -2.15. The molecule has 0 aliphatic heterocycles. The van der Waals surface area contributed by atoms with Crippen LogP contribution in [-0.2, 0) is 0 Å². The number of hydrogen-bond acceptors (Lipinski definition) is 4. The largest absolute Gasteiger partial charge is 0.491 e. The zero-order valence-corrected chi connectivity index (χ0v) is 13.7. The van der Waals surface area contributed by atoms with Crippen LogP contribution in [0.3, 0.4) is 0 Å². The highest BCUT2D eigenvalue weighted by Crippen LogP contribution is 2.20. The number of nitriles is 1. The summed E-state index contributed by atoms with van der Waals surface area (Å²) in [6.07, 6.45) is -0.781. The van der Waals surface area contributed by atoms with E-state index in [-0.39, 0.29) is 18.6 Å². The van der Waals surface area contributed by atoms with Gasteiger partial charge in [-0.15, -0.1) is 0 Å². The van der Waals surface area contributed by atoms with E-state index in [4.69, 9.17) is 10.00 Å². The standard InChI is InChI=1S/C19H20N2O3/c1-13(2)24-17-5-3-4-16(10-17)18(22)12-21-19(23)15-8-6-14(11-20)7-9-15/h3-10,13,18,22H,12H2,1-2H3,(H,21,23). The molecule has 1 unspecified atom stereocenters. The third kappa shape index (κ3) is 4.83. The third-order valence-corrected chi connectivity index (χ3v) is 3.35. The lowest BCUT2D eigenvalue weighted by atomic mass is 10.1. The molecular weight excluding hydrogens is 304 g/mol. The molecule has 24 heavy (non-hydrogen) atoms. The second kappa shape index (κ2) is 8.14. The number of benzene rings is 2. The molecule has 5 nitrogen and oxygen atoms in total. The molecule has 1 atom stereocenters. The van der Waals surface area contributed by atoms with Crippen LogP contribution < -0.4 is 10.1 Å². The van der Waals surface area contributed by atoms with Crippen LogP contribution in [0.1, 0.15) is 41.4 Å². The van der Waals surface area contributed by atoms with Crippen molar-refractivity contribution < 1.29 is 14.6 Å². The van der Waals surface area contributed by atoms with E-state index < -0.39 is 6.10 Å². The van der Waals surface area contributed by atoms with Crippen LogP contribution >= 0.6 is 0 Å². The number of carbonyl (C=O) groups is 1. The maximum Gasteiger partial charge on any atom is 0.251 e. The van der Waals surface area contributed by atoms with Gasteiger partial charge in [0.1, 0.15) is 5.75 Å². The molecule has 0 saturated carbocycles. The third-order valence-electron chi connectivity index (χ3n) is 3.35. The summed E-state index contributed by atoms with van der Waals surface area (Å²) >= 11 is 0. The zero-order valence-electron chi connectivity index (χ0n) is 13.7. The minimum absolute atomic E-state index is 0.0495. The van der Waals surface area contributed by atoms with Gasteiger partial charge in [-0.25, -0.2) is 0 Å². The molecule has 124 valence electrons. The summed E-state index contributed by atoms with van der Waals surface area (Å²) in [4.78, 5) is 12.1. The average Bonchev–Trinajstić information content (AvgIpc) is 2.59. The molecule has 0 radical (unpaired) electrons. The maximum absolute atomic E-state index is 12.1. The molecule has 2 aromatic carbocycles. The lowest BCUT2D eigenvalue weighted by Crippen LogP contribution is -2.28. The van der Waals surface area contributed by atoms with Crippen molar-refractivity contribution in [3.8, 4) is 11.8 Å². The van der Waals surface area contributed by atoms with Gasteiger partial charge >= 0.3 is 0 Å². The Morgan fingerprint density at radius 3 is 2.58 bits per heavy atom. The first-order valence-corrected chi connectivity index (χ1v) is 7.72. The van der Waals surface area contributed by atoms with Crippen molar-refractivity contribution in [3.05, 3.63) is 65.2 Å². The number of amides is 1. The molecule has 0 aliphatic rings. The van der Waals surface area contributed by atoms with Crippen LogP contribution in [0.4, 0.5) is 0 Å². The first kappa shape index (κ1) is 17.5. The summed E-state index contributed by atoms with van der Waals surface area (Å²) in [5, 5.41) is 21.7. The van der Waals surface area contributed by atoms with Crippen LogP contribution in [0, 0.1) is 11.3 Å². The highest BCUT2D eigenvalue weighted by molar-refractivity contribution is 5.94. The van der Waals surface area contributed by atoms with Gasteiger partial charge in [0, 0.05) is 12.1 Å². The molecule has 0 aromatic heterocycles. The fraction of sp³-hybridized carbons (Fsp3) is 0.263. The minimum atomic E-state index is -0.831. The zero-order chi connectivity index (χ0) is 17.5. The Labute approximate surface area is 141 Å². The number of nitrogens with one attached hydrogen (secondary N) is 1. The Hall–Kier alpha value is -2.84. The second-order valence-corrected chi connectivity index (χ2v) is 5.65. The van der Waals surface area contributed by atoms with E-state index in [1.807, 2.05) is 26.0 Å². The fourth-order valence-electron chi connectivity index (χ4n) is 2.17. The fourth-order valence-corrected chi connectivity index (χ4v) is 2.17. The molecule has 0 spiro atoms. The van der Waals surface area contributed by atoms with Crippen LogP contribution in [0.5, 0.6) is 5.75 Å². The van der Waals surface area contributed by atoms with E-state index in [1.54, 1.807) is 42.5 Å². The number of nitrogens with zero attached hydrogens (tertiary/aromatic N) is 1. The molecule has 0 heterocycles. The molecule has 1 amide bonds. The summed E-state index contributed by atoms with van der Waals surface area (Å²) < 4.78 is 5.60. The summed E-state index contributed by atoms with van der Waals surface area (Å²) in [7, 11) is 0. The summed E-state index contributed by atoms with van der Waals surface area (Å²) in [5.41, 5.74) is 1.61. The Balaban J connectivity index is 1.95. The van der Waals surface area contributed by atoms with E-state index >= 15 is 0 Å². The number of carbonyl (C=O) groups excluding carboxylic acids is 1. The minimum Gasteiger partial charge on any atom is -0.491 e. The van der Waals surface area contributed by atoms with Crippen LogP contribution in [0.2, 0.25) is 0 Å². The SMILES string of the molecule is CC(C)Oc1cccc(C(O)CNC(=O)c2ccc(C#N)cc2)c1. The predicted molar refractivity (Wildman–Crippen MR) is 90.7 cm³/mol. The second-order valence-electron chi connectivity index (χ2n) is 5.65. The molecule has 0 fully saturated rings. The number of ether oxygens (including phenoxy) is 1. The molecule has 2 aromatic rings. The highest BCUT2D eigenvalue weighted by atomic mass is 16.5. The molecule has 5 heteroatoms. The van der Waals surface area contributed by atoms with Gasteiger partial charge in [0.05, 0.1) is 23.8 Å². The van der Waals surface area contributed by atoms with E-state index in [0.717, 1.165) is 0 Å². The van der Waals surface area contributed by atoms with Crippen LogP contribution in [0.25, 0.3) is 0 Å². The summed E-state index contributed by atoms with van der Waals surface area (Å²) in [5.74, 6) is 0.382. The molecular formula is C19H20N2O3. The van der Waals surface area contributed by atoms with Crippen LogP contribution in [0.15, 0.2) is 48.5 Å². The van der Waals surface area contributed by atoms with Gasteiger partial charge in [-0.05, 0) is 55.8 Å². The van der Waals surface area contributed by atoms with Gasteiger partial charge in [-0.2, -0.15) is 5.26 Å². The number of hydrogen-bond donors (Lipinski definition) is 2. The Kier molecular flexibility index (Phi) is 5.94. The van der Waals surface area contributed by atoms with E-state index in [1.165, 1.54) is 0 Å². The van der Waals surface area contributed by atoms with Gasteiger partial charge < -0.3 is 15.2 Å². The monoisotopic (exact) mass is 324 g/mol. The summed E-state index contributed by atoms with van der Waals surface area (Å²) in [6, 6.07) is 15.5. The van der Waals surface area contributed by atoms with E-state index in [9.17, 15) is 9.90 Å². The number of aliphatic hydroxyl groups excluding tert-OH is 1. The van der Waals surface area contributed by atoms with Gasteiger partial charge in [0.2, 0.25) is 0 Å². The van der Waals surface area contributed by atoms with E-state index in [0.29, 0.717) is 22.4 Å². The predicted octanol–water partition coefficient (Wildman–Crippen LogP) is 2.81.